The van der Waals surface area contributed by atoms with Gasteiger partial charge in [-0.3, -0.25) is 9.59 Å². The zero-order valence-electron chi connectivity index (χ0n) is 17.0. The van der Waals surface area contributed by atoms with Crippen LogP contribution >= 0.6 is 0 Å². The number of benzene rings is 1. The Morgan fingerprint density at radius 3 is 2.68 bits per heavy atom. The molecule has 1 aliphatic carbocycles. The minimum absolute atomic E-state index is 0.120. The van der Waals surface area contributed by atoms with Crippen LogP contribution in [0.2, 0.25) is 0 Å². The maximum absolute atomic E-state index is 13.6. The molecule has 0 bridgehead atoms. The van der Waals surface area contributed by atoms with E-state index in [1.54, 1.807) is 12.1 Å². The van der Waals surface area contributed by atoms with E-state index in [9.17, 15) is 14.0 Å². The number of nitrogens with two attached hydrogens (primary N) is 1. The highest BCUT2D eigenvalue weighted by Gasteiger charge is 2.38. The molecule has 0 spiro atoms. The normalized spacial score (nSPS) is 19.9. The second kappa shape index (κ2) is 8.50. The molecular formula is C22H32FN3O2. The van der Waals surface area contributed by atoms with Gasteiger partial charge in [0.25, 0.3) is 0 Å². The van der Waals surface area contributed by atoms with Crippen LogP contribution in [0.5, 0.6) is 0 Å². The van der Waals surface area contributed by atoms with Crippen LogP contribution in [0.4, 0.5) is 10.1 Å². The Bertz CT molecular complexity index is 728. The molecule has 0 saturated heterocycles. The first-order valence-corrected chi connectivity index (χ1v) is 10.4. The number of hydrogen-bond donors (Lipinski definition) is 2. The third-order valence-corrected chi connectivity index (χ3v) is 6.23. The molecule has 0 unspecified atom stereocenters. The Morgan fingerprint density at radius 2 is 2.00 bits per heavy atom. The van der Waals surface area contributed by atoms with Gasteiger partial charge in [0, 0.05) is 24.2 Å². The average Bonchev–Trinajstić information content (AvgIpc) is 2.89. The minimum atomic E-state index is -0.769. The summed E-state index contributed by atoms with van der Waals surface area (Å²) < 4.78 is 13.6. The van der Waals surface area contributed by atoms with Crippen molar-refractivity contribution in [2.75, 3.05) is 11.4 Å². The summed E-state index contributed by atoms with van der Waals surface area (Å²) in [5, 5.41) is 2.83. The molecule has 3 rings (SSSR count). The van der Waals surface area contributed by atoms with Gasteiger partial charge in [-0.15, -0.1) is 0 Å². The van der Waals surface area contributed by atoms with E-state index in [1.165, 1.54) is 38.2 Å². The van der Waals surface area contributed by atoms with Gasteiger partial charge in [0.15, 0.2) is 0 Å². The van der Waals surface area contributed by atoms with Crippen LogP contribution in [0, 0.1) is 11.7 Å². The van der Waals surface area contributed by atoms with Crippen LogP contribution in [-0.4, -0.2) is 29.9 Å². The number of halogens is 1. The molecule has 1 aliphatic heterocycles. The molecule has 154 valence electrons. The Labute approximate surface area is 166 Å². The number of nitrogens with one attached hydrogen (secondary N) is 1. The monoisotopic (exact) mass is 389 g/mol. The molecule has 2 amide bonds. The van der Waals surface area contributed by atoms with E-state index in [4.69, 9.17) is 5.73 Å². The summed E-state index contributed by atoms with van der Waals surface area (Å²) in [4.78, 5) is 26.5. The van der Waals surface area contributed by atoms with E-state index in [0.717, 1.165) is 17.7 Å². The number of carbonyl (C=O) groups is 2. The van der Waals surface area contributed by atoms with Crippen molar-refractivity contribution in [2.45, 2.75) is 76.8 Å². The topological polar surface area (TPSA) is 75.4 Å². The highest BCUT2D eigenvalue weighted by Crippen LogP contribution is 2.39. The fourth-order valence-corrected chi connectivity index (χ4v) is 4.66. The molecule has 1 atom stereocenters. The Kier molecular flexibility index (Phi) is 6.26. The SMILES string of the molecule is CC1(C)Cc2cc(F)ccc2N1C[C@H](NC(=O)CCC1CCCCC1)C(N)=O. The number of nitrogens with zero attached hydrogens (tertiary/aromatic N) is 1. The molecule has 1 aromatic carbocycles. The number of fused-ring (bicyclic) bond motifs is 1. The summed E-state index contributed by atoms with van der Waals surface area (Å²) in [6.07, 6.45) is 8.17. The van der Waals surface area contributed by atoms with Crippen molar-refractivity contribution in [1.29, 1.82) is 0 Å². The number of carbonyl (C=O) groups excluding carboxylic acids is 2. The van der Waals surface area contributed by atoms with Gasteiger partial charge >= 0.3 is 0 Å². The number of hydrogen-bond acceptors (Lipinski definition) is 3. The van der Waals surface area contributed by atoms with Gasteiger partial charge in [-0.05, 0) is 56.4 Å². The summed E-state index contributed by atoms with van der Waals surface area (Å²) in [7, 11) is 0. The largest absolute Gasteiger partial charge is 0.368 e. The summed E-state index contributed by atoms with van der Waals surface area (Å²) >= 11 is 0. The third kappa shape index (κ3) is 4.83. The zero-order chi connectivity index (χ0) is 20.3. The van der Waals surface area contributed by atoms with E-state index in [2.05, 4.69) is 10.2 Å². The lowest BCUT2D eigenvalue weighted by atomic mass is 9.86. The maximum Gasteiger partial charge on any atom is 0.241 e. The second-order valence-electron chi connectivity index (χ2n) is 8.94. The van der Waals surface area contributed by atoms with Crippen molar-refractivity contribution in [3.05, 3.63) is 29.6 Å². The van der Waals surface area contributed by atoms with E-state index in [0.29, 0.717) is 18.8 Å². The van der Waals surface area contributed by atoms with Crippen molar-refractivity contribution in [2.24, 2.45) is 11.7 Å². The van der Waals surface area contributed by atoms with Gasteiger partial charge in [-0.1, -0.05) is 32.1 Å². The standard InChI is InChI=1S/C22H32FN3O2/c1-22(2)13-16-12-17(23)9-10-19(16)26(22)14-18(21(24)28)25-20(27)11-8-15-6-4-3-5-7-15/h9-10,12,15,18H,3-8,11,13-14H2,1-2H3,(H2,24,28)(H,25,27)/t18-/m0/s1. The molecule has 5 nitrogen and oxygen atoms in total. The van der Waals surface area contributed by atoms with Gasteiger partial charge in [0.1, 0.15) is 11.9 Å². The summed E-state index contributed by atoms with van der Waals surface area (Å²) in [6.45, 7) is 4.39. The molecule has 1 fully saturated rings. The van der Waals surface area contributed by atoms with Crippen LogP contribution in [0.25, 0.3) is 0 Å². The fourth-order valence-electron chi connectivity index (χ4n) is 4.66. The fraction of sp³-hybridized carbons (Fsp3) is 0.636. The van der Waals surface area contributed by atoms with Gasteiger partial charge < -0.3 is 16.0 Å². The summed E-state index contributed by atoms with van der Waals surface area (Å²) in [5.74, 6) is -0.312. The Balaban J connectivity index is 1.62. The Morgan fingerprint density at radius 1 is 1.29 bits per heavy atom. The highest BCUT2D eigenvalue weighted by atomic mass is 19.1. The highest BCUT2D eigenvalue weighted by molar-refractivity contribution is 5.87. The first-order chi connectivity index (χ1) is 13.3. The number of rotatable bonds is 7. The molecule has 1 saturated carbocycles. The molecule has 2 aliphatic rings. The molecule has 3 N–H and O–H groups in total. The molecule has 1 heterocycles. The molecule has 0 radical (unpaired) electrons. The van der Waals surface area contributed by atoms with Gasteiger partial charge in [-0.25, -0.2) is 4.39 Å². The van der Waals surface area contributed by atoms with Crippen LogP contribution in [-0.2, 0) is 16.0 Å². The van der Waals surface area contributed by atoms with Gasteiger partial charge in [0.2, 0.25) is 11.8 Å². The first-order valence-electron chi connectivity index (χ1n) is 10.4. The Hall–Kier alpha value is -2.11. The minimum Gasteiger partial charge on any atom is -0.368 e. The maximum atomic E-state index is 13.6. The first kappa shape index (κ1) is 20.6. The van der Waals surface area contributed by atoms with E-state index in [1.807, 2.05) is 13.8 Å². The van der Waals surface area contributed by atoms with Crippen LogP contribution in [0.1, 0.15) is 64.4 Å². The van der Waals surface area contributed by atoms with Crippen molar-refractivity contribution < 1.29 is 14.0 Å². The molecule has 28 heavy (non-hydrogen) atoms. The van der Waals surface area contributed by atoms with Gasteiger partial charge in [0.05, 0.1) is 0 Å². The molecule has 6 heteroatoms. The third-order valence-electron chi connectivity index (χ3n) is 6.23. The van der Waals surface area contributed by atoms with E-state index >= 15 is 0 Å². The van der Waals surface area contributed by atoms with Crippen molar-refractivity contribution in [3.63, 3.8) is 0 Å². The van der Waals surface area contributed by atoms with E-state index in [-0.39, 0.29) is 23.8 Å². The molecule has 0 aromatic heterocycles. The predicted octanol–water partition coefficient (Wildman–Crippen LogP) is 3.30. The molecular weight excluding hydrogens is 357 g/mol. The van der Waals surface area contributed by atoms with E-state index < -0.39 is 11.9 Å². The predicted molar refractivity (Wildman–Crippen MR) is 108 cm³/mol. The number of primary amides is 1. The summed E-state index contributed by atoms with van der Waals surface area (Å²) in [6, 6.07) is 3.94. The lowest BCUT2D eigenvalue weighted by molar-refractivity contribution is -0.127. The van der Waals surface area contributed by atoms with Gasteiger partial charge in [-0.2, -0.15) is 0 Å². The smallest absolute Gasteiger partial charge is 0.241 e. The number of amides is 2. The van der Waals surface area contributed by atoms with Crippen LogP contribution < -0.4 is 16.0 Å². The van der Waals surface area contributed by atoms with Crippen LogP contribution in [0.3, 0.4) is 0 Å². The molecule has 1 aromatic rings. The lowest BCUT2D eigenvalue weighted by Crippen LogP contribution is -2.55. The second-order valence-corrected chi connectivity index (χ2v) is 8.94. The average molecular weight is 390 g/mol. The quantitative estimate of drug-likeness (QED) is 0.751. The van der Waals surface area contributed by atoms with Crippen molar-refractivity contribution in [3.8, 4) is 0 Å². The zero-order valence-corrected chi connectivity index (χ0v) is 17.0. The lowest BCUT2D eigenvalue weighted by Gasteiger charge is -2.36. The summed E-state index contributed by atoms with van der Waals surface area (Å²) in [5.41, 5.74) is 7.12. The van der Waals surface area contributed by atoms with Crippen LogP contribution in [0.15, 0.2) is 18.2 Å². The van der Waals surface area contributed by atoms with Crippen molar-refractivity contribution in [1.82, 2.24) is 5.32 Å². The van der Waals surface area contributed by atoms with Crippen molar-refractivity contribution >= 4 is 17.5 Å². The number of anilines is 1.